The molecule has 0 radical (unpaired) electrons. The molecule has 1 amide bonds. The van der Waals surface area contributed by atoms with Crippen molar-refractivity contribution in [1.29, 1.82) is 0 Å². The lowest BCUT2D eigenvalue weighted by Crippen LogP contribution is -2.47. The molecule has 1 heterocycles. The SMILES string of the molecule is COc1ccnc(C(=O)N[C@H](C(=O)O[C@@H](C)C(c2ccc(F)cc2)c2ccc(F)cc2)C(C)C)c1OC(C)=O. The van der Waals surface area contributed by atoms with E-state index in [2.05, 4.69) is 10.3 Å². The molecule has 0 saturated carbocycles. The number of carbonyl (C=O) groups excluding carboxylic acids is 3. The molecule has 0 spiro atoms. The molecular formula is C29H30F2N2O6. The number of ether oxygens (including phenoxy) is 3. The Hall–Kier alpha value is -4.34. The van der Waals surface area contributed by atoms with Crippen molar-refractivity contribution in [3.05, 3.63) is 89.2 Å². The Balaban J connectivity index is 1.87. The van der Waals surface area contributed by atoms with E-state index in [1.54, 1.807) is 45.0 Å². The summed E-state index contributed by atoms with van der Waals surface area (Å²) in [4.78, 5) is 42.1. The smallest absolute Gasteiger partial charge is 0.329 e. The number of methoxy groups -OCH3 is 1. The van der Waals surface area contributed by atoms with E-state index in [1.165, 1.54) is 50.6 Å². The van der Waals surface area contributed by atoms with E-state index < -0.39 is 53.5 Å². The predicted molar refractivity (Wildman–Crippen MR) is 138 cm³/mol. The Kier molecular flexibility index (Phi) is 9.70. The Labute approximate surface area is 225 Å². The van der Waals surface area contributed by atoms with E-state index in [0.29, 0.717) is 11.1 Å². The highest BCUT2D eigenvalue weighted by atomic mass is 19.1. The fraction of sp³-hybridized carbons (Fsp3) is 0.310. The number of rotatable bonds is 10. The number of halogens is 2. The summed E-state index contributed by atoms with van der Waals surface area (Å²) in [5.41, 5.74) is 1.06. The maximum atomic E-state index is 13.6. The van der Waals surface area contributed by atoms with Crippen LogP contribution in [0.4, 0.5) is 8.78 Å². The zero-order valence-corrected chi connectivity index (χ0v) is 22.2. The van der Waals surface area contributed by atoms with Crippen molar-refractivity contribution in [2.24, 2.45) is 5.92 Å². The van der Waals surface area contributed by atoms with E-state index in [4.69, 9.17) is 14.2 Å². The summed E-state index contributed by atoms with van der Waals surface area (Å²) in [7, 11) is 1.35. The third kappa shape index (κ3) is 7.37. The second kappa shape index (κ2) is 12.9. The first-order valence-corrected chi connectivity index (χ1v) is 12.3. The van der Waals surface area contributed by atoms with Crippen molar-refractivity contribution in [3.8, 4) is 11.5 Å². The molecule has 0 saturated heterocycles. The molecular weight excluding hydrogens is 510 g/mol. The lowest BCUT2D eigenvalue weighted by Gasteiger charge is -2.28. The summed E-state index contributed by atoms with van der Waals surface area (Å²) in [6.45, 7) is 6.28. The van der Waals surface area contributed by atoms with Crippen LogP contribution in [0.3, 0.4) is 0 Å². The minimum absolute atomic E-state index is 0.115. The number of hydrogen-bond donors (Lipinski definition) is 1. The Bertz CT molecular complexity index is 1270. The van der Waals surface area contributed by atoms with Crippen LogP contribution >= 0.6 is 0 Å². The second-order valence-electron chi connectivity index (χ2n) is 9.20. The van der Waals surface area contributed by atoms with E-state index in [0.717, 1.165) is 0 Å². The van der Waals surface area contributed by atoms with Crippen LogP contribution < -0.4 is 14.8 Å². The highest BCUT2D eigenvalue weighted by Gasteiger charge is 2.32. The van der Waals surface area contributed by atoms with Gasteiger partial charge in [-0.3, -0.25) is 9.59 Å². The maximum absolute atomic E-state index is 13.6. The summed E-state index contributed by atoms with van der Waals surface area (Å²) >= 11 is 0. The average molecular weight is 541 g/mol. The van der Waals surface area contributed by atoms with E-state index >= 15 is 0 Å². The van der Waals surface area contributed by atoms with Crippen molar-refractivity contribution in [2.45, 2.75) is 45.8 Å². The van der Waals surface area contributed by atoms with Gasteiger partial charge in [-0.05, 0) is 48.2 Å². The normalized spacial score (nSPS) is 12.5. The van der Waals surface area contributed by atoms with Crippen LogP contribution in [0, 0.1) is 17.6 Å². The van der Waals surface area contributed by atoms with Gasteiger partial charge in [0.25, 0.3) is 5.91 Å². The first kappa shape index (κ1) is 29.2. The van der Waals surface area contributed by atoms with Crippen LogP contribution in [0.15, 0.2) is 60.8 Å². The fourth-order valence-corrected chi connectivity index (χ4v) is 4.10. The van der Waals surface area contributed by atoms with Gasteiger partial charge in [0, 0.05) is 25.1 Å². The van der Waals surface area contributed by atoms with Gasteiger partial charge in [-0.25, -0.2) is 18.6 Å². The fourth-order valence-electron chi connectivity index (χ4n) is 4.10. The van der Waals surface area contributed by atoms with Crippen molar-refractivity contribution in [1.82, 2.24) is 10.3 Å². The molecule has 1 aromatic heterocycles. The molecule has 3 rings (SSSR count). The van der Waals surface area contributed by atoms with E-state index in [9.17, 15) is 23.2 Å². The van der Waals surface area contributed by atoms with Crippen molar-refractivity contribution < 1.29 is 37.4 Å². The first-order chi connectivity index (χ1) is 18.5. The van der Waals surface area contributed by atoms with Crippen LogP contribution in [-0.4, -0.2) is 42.1 Å². The largest absolute Gasteiger partial charge is 0.493 e. The molecule has 8 nitrogen and oxygen atoms in total. The number of esters is 2. The van der Waals surface area contributed by atoms with Crippen LogP contribution in [-0.2, 0) is 14.3 Å². The van der Waals surface area contributed by atoms with Gasteiger partial charge in [-0.1, -0.05) is 38.1 Å². The number of aromatic nitrogens is 1. The Morgan fingerprint density at radius 1 is 0.872 bits per heavy atom. The molecule has 0 aliphatic carbocycles. The van der Waals surface area contributed by atoms with Crippen molar-refractivity contribution in [2.75, 3.05) is 7.11 Å². The standard InChI is InChI=1S/C29H30F2N2O6/c1-16(2)25(33-28(35)26-27(39-18(4)34)23(37-5)14-15-32-26)29(36)38-17(3)24(19-6-10-21(30)11-7-19)20-8-12-22(31)13-9-20/h6-17,24-25H,1-5H3,(H,33,35)/t17-,25-/m0/s1. The number of amides is 1. The van der Waals surface area contributed by atoms with Gasteiger partial charge in [0.05, 0.1) is 7.11 Å². The number of nitrogens with zero attached hydrogens (tertiary/aromatic N) is 1. The number of carbonyl (C=O) groups is 3. The summed E-state index contributed by atoms with van der Waals surface area (Å²) in [6, 6.07) is 11.8. The van der Waals surface area contributed by atoms with Gasteiger partial charge < -0.3 is 19.5 Å². The van der Waals surface area contributed by atoms with Gasteiger partial charge in [-0.2, -0.15) is 0 Å². The first-order valence-electron chi connectivity index (χ1n) is 12.3. The van der Waals surface area contributed by atoms with Gasteiger partial charge >= 0.3 is 11.9 Å². The molecule has 10 heteroatoms. The van der Waals surface area contributed by atoms with Gasteiger partial charge in [0.1, 0.15) is 23.8 Å². The van der Waals surface area contributed by atoms with Gasteiger partial charge in [0.15, 0.2) is 11.4 Å². The van der Waals surface area contributed by atoms with Crippen molar-refractivity contribution in [3.63, 3.8) is 0 Å². The molecule has 3 aromatic rings. The highest BCUT2D eigenvalue weighted by molar-refractivity contribution is 5.98. The van der Waals surface area contributed by atoms with Crippen molar-refractivity contribution >= 4 is 17.8 Å². The lowest BCUT2D eigenvalue weighted by molar-refractivity contribution is -0.152. The molecule has 0 aliphatic heterocycles. The summed E-state index contributed by atoms with van der Waals surface area (Å²) in [6.07, 6.45) is 0.528. The molecule has 39 heavy (non-hydrogen) atoms. The predicted octanol–water partition coefficient (Wildman–Crippen LogP) is 4.81. The topological polar surface area (TPSA) is 104 Å². The van der Waals surface area contributed by atoms with Crippen LogP contribution in [0.2, 0.25) is 0 Å². The molecule has 0 fully saturated rings. The van der Waals surface area contributed by atoms with E-state index in [1.807, 2.05) is 0 Å². The zero-order valence-electron chi connectivity index (χ0n) is 22.2. The van der Waals surface area contributed by atoms with Gasteiger partial charge in [-0.15, -0.1) is 0 Å². The minimum Gasteiger partial charge on any atom is -0.493 e. The number of nitrogens with one attached hydrogen (secondary N) is 1. The third-order valence-electron chi connectivity index (χ3n) is 5.99. The third-order valence-corrected chi connectivity index (χ3v) is 5.99. The van der Waals surface area contributed by atoms with Crippen LogP contribution in [0.1, 0.15) is 55.2 Å². The average Bonchev–Trinajstić information content (AvgIpc) is 2.89. The van der Waals surface area contributed by atoms with E-state index in [-0.39, 0.29) is 17.2 Å². The molecule has 2 atom stereocenters. The quantitative estimate of drug-likeness (QED) is 0.368. The second-order valence-corrected chi connectivity index (χ2v) is 9.20. The zero-order chi connectivity index (χ0) is 28.7. The molecule has 206 valence electrons. The minimum atomic E-state index is -1.10. The molecule has 2 aromatic carbocycles. The Morgan fingerprint density at radius 2 is 1.41 bits per heavy atom. The number of pyridine rings is 1. The molecule has 0 bridgehead atoms. The maximum Gasteiger partial charge on any atom is 0.329 e. The Morgan fingerprint density at radius 3 is 1.87 bits per heavy atom. The molecule has 1 N–H and O–H groups in total. The number of hydrogen-bond acceptors (Lipinski definition) is 7. The summed E-state index contributed by atoms with van der Waals surface area (Å²) in [5, 5.41) is 2.61. The van der Waals surface area contributed by atoms with Crippen LogP contribution in [0.5, 0.6) is 11.5 Å². The monoisotopic (exact) mass is 540 g/mol. The highest BCUT2D eigenvalue weighted by Crippen LogP contribution is 2.32. The number of benzene rings is 2. The van der Waals surface area contributed by atoms with Crippen LogP contribution in [0.25, 0.3) is 0 Å². The summed E-state index contributed by atoms with van der Waals surface area (Å²) in [5.74, 6) is -4.05. The molecule has 0 aliphatic rings. The molecule has 0 unspecified atom stereocenters. The van der Waals surface area contributed by atoms with Gasteiger partial charge in [0.2, 0.25) is 5.75 Å². The summed E-state index contributed by atoms with van der Waals surface area (Å²) < 4.78 is 43.3. The lowest BCUT2D eigenvalue weighted by atomic mass is 9.87.